The summed E-state index contributed by atoms with van der Waals surface area (Å²) in [5.74, 6) is -2.03. The predicted molar refractivity (Wildman–Crippen MR) is 81.2 cm³/mol. The minimum Gasteiger partial charge on any atom is -0.364 e. The summed E-state index contributed by atoms with van der Waals surface area (Å²) in [6, 6.07) is 4.77. The highest BCUT2D eigenvalue weighted by Crippen LogP contribution is 2.31. The smallest absolute Gasteiger partial charge is 0.364 e. The van der Waals surface area contributed by atoms with E-state index in [1.807, 2.05) is 6.92 Å². The van der Waals surface area contributed by atoms with Crippen molar-refractivity contribution < 1.29 is 27.0 Å². The monoisotopic (exact) mass is 362 g/mol. The van der Waals surface area contributed by atoms with Gasteiger partial charge in [-0.25, -0.2) is 0 Å². The van der Waals surface area contributed by atoms with E-state index in [-0.39, 0.29) is 22.9 Å². The van der Waals surface area contributed by atoms with Gasteiger partial charge >= 0.3 is 12.1 Å². The third-order valence-corrected chi connectivity index (χ3v) is 3.83. The number of halogens is 3. The lowest BCUT2D eigenvalue weighted by molar-refractivity contribution is -0.159. The number of nitrogens with zero attached hydrogens (tertiary/aromatic N) is 4. The number of carbonyl (C=O) groups is 1. The second-order valence-corrected chi connectivity index (χ2v) is 5.55. The number of hydrogen-bond acceptors (Lipinski definition) is 6. The highest BCUT2D eigenvalue weighted by Gasteiger charge is 2.38. The van der Waals surface area contributed by atoms with Crippen LogP contribution in [0.1, 0.15) is 21.8 Å². The Labute approximate surface area is 143 Å². The van der Waals surface area contributed by atoms with Crippen LogP contribution in [0.15, 0.2) is 45.9 Å². The maximum absolute atomic E-state index is 12.6. The average molecular weight is 362 g/mol. The first-order valence-electron chi connectivity index (χ1n) is 7.31. The van der Waals surface area contributed by atoms with Gasteiger partial charge in [0.1, 0.15) is 6.26 Å². The van der Waals surface area contributed by atoms with Crippen molar-refractivity contribution >= 4 is 16.8 Å². The highest BCUT2D eigenvalue weighted by atomic mass is 19.4. The van der Waals surface area contributed by atoms with Gasteiger partial charge in [-0.1, -0.05) is 22.4 Å². The number of rotatable bonds is 2. The van der Waals surface area contributed by atoms with E-state index in [0.717, 1.165) is 10.9 Å². The summed E-state index contributed by atoms with van der Waals surface area (Å²) >= 11 is 0. The third-order valence-electron chi connectivity index (χ3n) is 3.83. The summed E-state index contributed by atoms with van der Waals surface area (Å²) in [4.78, 5) is 16.0. The summed E-state index contributed by atoms with van der Waals surface area (Å²) in [7, 11) is 0. The second kappa shape index (κ2) is 5.55. The zero-order valence-corrected chi connectivity index (χ0v) is 13.1. The van der Waals surface area contributed by atoms with Gasteiger partial charge in [-0.15, -0.1) is 0 Å². The van der Waals surface area contributed by atoms with Crippen molar-refractivity contribution in [3.63, 3.8) is 0 Å². The van der Waals surface area contributed by atoms with E-state index < -0.39 is 12.1 Å². The molecule has 0 saturated heterocycles. The summed E-state index contributed by atoms with van der Waals surface area (Å²) in [6.07, 6.45) is -0.609. The Balaban J connectivity index is 1.83. The maximum Gasteiger partial charge on any atom is 0.471 e. The number of benzene rings is 1. The van der Waals surface area contributed by atoms with Crippen molar-refractivity contribution in [2.24, 2.45) is 0 Å². The van der Waals surface area contributed by atoms with Crippen LogP contribution >= 0.6 is 0 Å². The Hall–Kier alpha value is -3.43. The van der Waals surface area contributed by atoms with Gasteiger partial charge in [-0.2, -0.15) is 18.2 Å². The van der Waals surface area contributed by atoms with Crippen LogP contribution in [0.3, 0.4) is 0 Å². The lowest BCUT2D eigenvalue weighted by Gasteiger charge is -2.03. The molecular formula is C16H9F3N4O3. The van der Waals surface area contributed by atoms with E-state index in [2.05, 4.69) is 24.3 Å². The molecule has 26 heavy (non-hydrogen) atoms. The Bertz CT molecular complexity index is 1110. The molecule has 0 aliphatic carbocycles. The lowest BCUT2D eigenvalue weighted by atomic mass is 10.1. The van der Waals surface area contributed by atoms with Gasteiger partial charge in [-0.3, -0.25) is 9.36 Å². The first-order valence-corrected chi connectivity index (χ1v) is 7.31. The SMILES string of the molecule is Cc1cn(C(=O)c2cnoc2)c2cc(-c3noc(C(F)(F)F)n3)ccc12. The quantitative estimate of drug-likeness (QED) is 0.540. The zero-order chi connectivity index (χ0) is 18.5. The minimum atomic E-state index is -4.73. The van der Waals surface area contributed by atoms with Crippen molar-refractivity contribution in [2.45, 2.75) is 13.1 Å². The molecular weight excluding hydrogens is 353 g/mol. The van der Waals surface area contributed by atoms with Crippen molar-refractivity contribution in [2.75, 3.05) is 0 Å². The second-order valence-electron chi connectivity index (χ2n) is 5.55. The van der Waals surface area contributed by atoms with Crippen LogP contribution in [0.2, 0.25) is 0 Å². The molecule has 0 amide bonds. The number of alkyl halides is 3. The van der Waals surface area contributed by atoms with Gasteiger partial charge in [-0.05, 0) is 18.6 Å². The van der Waals surface area contributed by atoms with Crippen LogP contribution in [0.5, 0.6) is 0 Å². The fourth-order valence-corrected chi connectivity index (χ4v) is 2.61. The number of hydrogen-bond donors (Lipinski definition) is 0. The Morgan fingerprint density at radius 1 is 1.27 bits per heavy atom. The summed E-state index contributed by atoms with van der Waals surface area (Å²) in [5, 5.41) is 7.63. The molecule has 3 heterocycles. The molecule has 7 nitrogen and oxygen atoms in total. The molecule has 0 unspecified atom stereocenters. The first-order chi connectivity index (χ1) is 12.3. The molecule has 0 spiro atoms. The highest BCUT2D eigenvalue weighted by molar-refractivity contribution is 6.03. The predicted octanol–water partition coefficient (Wildman–Crippen LogP) is 3.70. The molecule has 0 saturated carbocycles. The fraction of sp³-hybridized carbons (Fsp3) is 0.125. The van der Waals surface area contributed by atoms with Crippen LogP contribution in [-0.4, -0.2) is 25.8 Å². The van der Waals surface area contributed by atoms with Crippen LogP contribution in [0, 0.1) is 6.92 Å². The number of aryl methyl sites for hydroxylation is 1. The van der Waals surface area contributed by atoms with Crippen LogP contribution < -0.4 is 0 Å². The number of fused-ring (bicyclic) bond motifs is 1. The molecule has 0 aliphatic heterocycles. The zero-order valence-electron chi connectivity index (χ0n) is 13.1. The topological polar surface area (TPSA) is 87.0 Å². The minimum absolute atomic E-state index is 0.220. The Morgan fingerprint density at radius 3 is 2.73 bits per heavy atom. The van der Waals surface area contributed by atoms with E-state index >= 15 is 0 Å². The van der Waals surface area contributed by atoms with Gasteiger partial charge < -0.3 is 9.05 Å². The van der Waals surface area contributed by atoms with E-state index in [0.29, 0.717) is 5.52 Å². The summed E-state index contributed by atoms with van der Waals surface area (Å²) < 4.78 is 48.2. The van der Waals surface area contributed by atoms with Crippen molar-refractivity contribution in [3.8, 4) is 11.4 Å². The standard InChI is InChI=1S/C16H9F3N4O3/c1-8-6-23(14(24)10-5-20-25-7-10)12-4-9(2-3-11(8)12)13-21-15(26-22-13)16(17,18)19/h2-7H,1H3. The van der Waals surface area contributed by atoms with Gasteiger partial charge in [0.2, 0.25) is 5.82 Å². The molecule has 3 aromatic heterocycles. The Morgan fingerprint density at radius 2 is 2.08 bits per heavy atom. The third kappa shape index (κ3) is 2.55. The van der Waals surface area contributed by atoms with E-state index in [9.17, 15) is 18.0 Å². The molecule has 0 fully saturated rings. The lowest BCUT2D eigenvalue weighted by Crippen LogP contribution is -2.09. The Kier molecular flexibility index (Phi) is 3.43. The normalized spacial score (nSPS) is 12.0. The first kappa shape index (κ1) is 16.1. The van der Waals surface area contributed by atoms with Crippen LogP contribution in [0.25, 0.3) is 22.3 Å². The van der Waals surface area contributed by atoms with Crippen molar-refractivity contribution in [1.82, 2.24) is 19.9 Å². The van der Waals surface area contributed by atoms with E-state index in [1.165, 1.54) is 23.1 Å². The van der Waals surface area contributed by atoms with Gasteiger partial charge in [0.15, 0.2) is 0 Å². The molecule has 132 valence electrons. The molecule has 0 aliphatic rings. The maximum atomic E-state index is 12.6. The molecule has 0 radical (unpaired) electrons. The van der Waals surface area contributed by atoms with E-state index in [1.54, 1.807) is 18.3 Å². The summed E-state index contributed by atoms with van der Waals surface area (Å²) in [5.41, 5.74) is 1.84. The fourth-order valence-electron chi connectivity index (χ4n) is 2.61. The van der Waals surface area contributed by atoms with Gasteiger partial charge in [0.05, 0.1) is 17.3 Å². The molecule has 4 aromatic rings. The number of carbonyl (C=O) groups excluding carboxylic acids is 1. The van der Waals surface area contributed by atoms with Crippen LogP contribution in [-0.2, 0) is 6.18 Å². The van der Waals surface area contributed by atoms with Crippen molar-refractivity contribution in [3.05, 3.63) is 53.9 Å². The largest absolute Gasteiger partial charge is 0.471 e. The molecule has 0 N–H and O–H groups in total. The molecule has 0 atom stereocenters. The van der Waals surface area contributed by atoms with Gasteiger partial charge in [0.25, 0.3) is 5.91 Å². The van der Waals surface area contributed by atoms with Crippen LogP contribution in [0.4, 0.5) is 13.2 Å². The average Bonchev–Trinajstić information content (AvgIpc) is 3.34. The number of aromatic nitrogens is 4. The summed E-state index contributed by atoms with van der Waals surface area (Å²) in [6.45, 7) is 1.81. The molecule has 4 rings (SSSR count). The molecule has 1 aromatic carbocycles. The molecule has 10 heteroatoms. The van der Waals surface area contributed by atoms with Crippen molar-refractivity contribution in [1.29, 1.82) is 0 Å². The van der Waals surface area contributed by atoms with E-state index in [4.69, 9.17) is 0 Å². The van der Waals surface area contributed by atoms with Gasteiger partial charge in [0, 0.05) is 17.1 Å². The molecule has 0 bridgehead atoms.